The molecule has 0 bridgehead atoms. The molecule has 1 aromatic rings. The molecule has 4 nitrogen and oxygen atoms in total. The summed E-state index contributed by atoms with van der Waals surface area (Å²) in [5.41, 5.74) is -0.805. The van der Waals surface area contributed by atoms with Gasteiger partial charge >= 0.3 is 6.18 Å². The topological polar surface area (TPSA) is 33.1 Å². The van der Waals surface area contributed by atoms with Crippen molar-refractivity contribution in [3.63, 3.8) is 0 Å². The highest BCUT2D eigenvalue weighted by molar-refractivity contribution is 5.04. The van der Waals surface area contributed by atoms with Crippen LogP contribution in [0.15, 0.2) is 12.3 Å². The van der Waals surface area contributed by atoms with Crippen LogP contribution in [0.1, 0.15) is 38.4 Å². The molecule has 0 aliphatic carbocycles. The molecule has 1 fully saturated rings. The fraction of sp³-hybridized carbons (Fsp3) is 0.786. The van der Waals surface area contributed by atoms with E-state index in [4.69, 9.17) is 0 Å². The summed E-state index contributed by atoms with van der Waals surface area (Å²) in [4.78, 5) is 2.29. The minimum absolute atomic E-state index is 0.0360. The van der Waals surface area contributed by atoms with Gasteiger partial charge in [-0.25, -0.2) is 0 Å². The van der Waals surface area contributed by atoms with Crippen molar-refractivity contribution < 1.29 is 13.2 Å². The Kier molecular flexibility index (Phi) is 5.27. The first-order valence-electron chi connectivity index (χ1n) is 7.44. The highest BCUT2D eigenvalue weighted by atomic mass is 19.4. The lowest BCUT2D eigenvalue weighted by Crippen LogP contribution is -2.41. The zero-order valence-corrected chi connectivity index (χ0v) is 12.5. The summed E-state index contributed by atoms with van der Waals surface area (Å²) < 4.78 is 39.3. The van der Waals surface area contributed by atoms with E-state index in [-0.39, 0.29) is 6.04 Å². The van der Waals surface area contributed by atoms with Gasteiger partial charge in [-0.05, 0) is 25.5 Å². The highest BCUT2D eigenvalue weighted by Crippen LogP contribution is 2.29. The smallest absolute Gasteiger partial charge is 0.313 e. The Morgan fingerprint density at radius 2 is 2.19 bits per heavy atom. The number of nitrogens with one attached hydrogen (secondary N) is 1. The van der Waals surface area contributed by atoms with E-state index in [0.29, 0.717) is 6.04 Å². The van der Waals surface area contributed by atoms with Gasteiger partial charge in [0.15, 0.2) is 5.69 Å². The fourth-order valence-corrected chi connectivity index (χ4v) is 2.65. The zero-order chi connectivity index (χ0) is 15.5. The van der Waals surface area contributed by atoms with Crippen molar-refractivity contribution in [2.75, 3.05) is 26.2 Å². The normalized spacial score (nSPS) is 21.1. The number of hydrogen-bond acceptors (Lipinski definition) is 3. The summed E-state index contributed by atoms with van der Waals surface area (Å²) in [6.45, 7) is 7.78. The molecule has 1 aliphatic rings. The number of aromatic nitrogens is 2. The number of piperidine rings is 1. The Labute approximate surface area is 123 Å². The molecule has 0 aromatic carbocycles. The first-order valence-corrected chi connectivity index (χ1v) is 7.44. The molecule has 120 valence electrons. The maximum atomic E-state index is 12.6. The standard InChI is InChI=1S/C14H23F3N4/c1-11(2)18-6-9-20-7-3-4-12(10-20)21-8-5-13(19-21)14(15,16)17/h5,8,11-12,18H,3-4,6-7,9-10H2,1-2H3/t12-/m0/s1. The minimum Gasteiger partial charge on any atom is -0.313 e. The number of halogens is 3. The third-order valence-electron chi connectivity index (χ3n) is 3.73. The molecule has 1 saturated heterocycles. The second-order valence-electron chi connectivity index (χ2n) is 5.88. The van der Waals surface area contributed by atoms with Gasteiger partial charge in [0.05, 0.1) is 6.04 Å². The Morgan fingerprint density at radius 3 is 2.81 bits per heavy atom. The van der Waals surface area contributed by atoms with Crippen LogP contribution in [-0.2, 0) is 6.18 Å². The van der Waals surface area contributed by atoms with Crippen LogP contribution in [0.4, 0.5) is 13.2 Å². The van der Waals surface area contributed by atoms with Gasteiger partial charge in [-0.3, -0.25) is 9.58 Å². The molecule has 0 spiro atoms. The average Bonchev–Trinajstić information content (AvgIpc) is 2.88. The van der Waals surface area contributed by atoms with Gasteiger partial charge in [-0.2, -0.15) is 18.3 Å². The Morgan fingerprint density at radius 1 is 1.43 bits per heavy atom. The van der Waals surface area contributed by atoms with E-state index in [1.54, 1.807) is 0 Å². The van der Waals surface area contributed by atoms with Gasteiger partial charge in [-0.1, -0.05) is 13.8 Å². The summed E-state index contributed by atoms with van der Waals surface area (Å²) in [5.74, 6) is 0. The molecule has 1 N–H and O–H groups in total. The van der Waals surface area contributed by atoms with Crippen molar-refractivity contribution >= 4 is 0 Å². The molecule has 0 amide bonds. The maximum absolute atomic E-state index is 12.6. The summed E-state index contributed by atoms with van der Waals surface area (Å²) in [6, 6.07) is 1.54. The highest BCUT2D eigenvalue weighted by Gasteiger charge is 2.34. The van der Waals surface area contributed by atoms with E-state index in [0.717, 1.165) is 45.1 Å². The number of likely N-dealkylation sites (tertiary alicyclic amines) is 1. The van der Waals surface area contributed by atoms with E-state index in [9.17, 15) is 13.2 Å². The molecule has 1 atom stereocenters. The molecule has 0 unspecified atom stereocenters. The summed E-state index contributed by atoms with van der Waals surface area (Å²) in [5, 5.41) is 7.06. The molecular formula is C14H23F3N4. The lowest BCUT2D eigenvalue weighted by Gasteiger charge is -2.33. The first-order chi connectivity index (χ1) is 9.86. The number of alkyl halides is 3. The Balaban J connectivity index is 1.90. The molecule has 1 aliphatic heterocycles. The molecule has 2 heterocycles. The second-order valence-corrected chi connectivity index (χ2v) is 5.88. The Hall–Kier alpha value is -1.08. The SMILES string of the molecule is CC(C)NCCN1CCC[C@H](n2ccc(C(F)(F)F)n2)C1. The molecule has 2 rings (SSSR count). The Bertz CT molecular complexity index is 442. The van der Waals surface area contributed by atoms with Gasteiger partial charge in [0, 0.05) is 31.9 Å². The molecule has 1 aromatic heterocycles. The zero-order valence-electron chi connectivity index (χ0n) is 12.5. The van der Waals surface area contributed by atoms with Gasteiger partial charge in [0.25, 0.3) is 0 Å². The van der Waals surface area contributed by atoms with Crippen LogP contribution in [0.2, 0.25) is 0 Å². The molecular weight excluding hydrogens is 281 g/mol. The lowest BCUT2D eigenvalue weighted by atomic mass is 10.1. The lowest BCUT2D eigenvalue weighted by molar-refractivity contribution is -0.141. The average molecular weight is 304 g/mol. The quantitative estimate of drug-likeness (QED) is 0.907. The van der Waals surface area contributed by atoms with Crippen molar-refractivity contribution in [3.05, 3.63) is 18.0 Å². The number of rotatable bonds is 5. The molecule has 0 saturated carbocycles. The van der Waals surface area contributed by atoms with Crippen LogP contribution in [-0.4, -0.2) is 46.9 Å². The molecule has 21 heavy (non-hydrogen) atoms. The van der Waals surface area contributed by atoms with Gasteiger partial charge in [0.1, 0.15) is 0 Å². The van der Waals surface area contributed by atoms with Crippen LogP contribution < -0.4 is 5.32 Å². The van der Waals surface area contributed by atoms with Gasteiger partial charge in [0.2, 0.25) is 0 Å². The molecule has 0 radical (unpaired) electrons. The predicted molar refractivity (Wildman–Crippen MR) is 75.1 cm³/mol. The predicted octanol–water partition coefficient (Wildman–Crippen LogP) is 2.54. The summed E-state index contributed by atoms with van der Waals surface area (Å²) in [6.07, 6.45) is -1.04. The van der Waals surface area contributed by atoms with Crippen LogP contribution in [0.5, 0.6) is 0 Å². The van der Waals surface area contributed by atoms with E-state index in [1.165, 1.54) is 10.9 Å². The van der Waals surface area contributed by atoms with Crippen LogP contribution in [0.25, 0.3) is 0 Å². The third kappa shape index (κ3) is 4.71. The van der Waals surface area contributed by atoms with Crippen molar-refractivity contribution in [3.8, 4) is 0 Å². The number of nitrogens with zero attached hydrogens (tertiary/aromatic N) is 3. The fourth-order valence-electron chi connectivity index (χ4n) is 2.65. The molecule has 7 heteroatoms. The minimum atomic E-state index is -4.36. The van der Waals surface area contributed by atoms with E-state index in [1.807, 2.05) is 0 Å². The van der Waals surface area contributed by atoms with Gasteiger partial charge in [-0.15, -0.1) is 0 Å². The van der Waals surface area contributed by atoms with Crippen LogP contribution in [0.3, 0.4) is 0 Å². The maximum Gasteiger partial charge on any atom is 0.435 e. The van der Waals surface area contributed by atoms with Crippen LogP contribution in [0, 0.1) is 0 Å². The van der Waals surface area contributed by atoms with Gasteiger partial charge < -0.3 is 5.32 Å². The van der Waals surface area contributed by atoms with Crippen molar-refractivity contribution in [2.24, 2.45) is 0 Å². The van der Waals surface area contributed by atoms with Crippen molar-refractivity contribution in [2.45, 2.75) is 44.9 Å². The third-order valence-corrected chi connectivity index (χ3v) is 3.73. The van der Waals surface area contributed by atoms with E-state index >= 15 is 0 Å². The van der Waals surface area contributed by atoms with Crippen LogP contribution >= 0.6 is 0 Å². The summed E-state index contributed by atoms with van der Waals surface area (Å²) >= 11 is 0. The monoisotopic (exact) mass is 304 g/mol. The summed E-state index contributed by atoms with van der Waals surface area (Å²) in [7, 11) is 0. The van der Waals surface area contributed by atoms with E-state index < -0.39 is 11.9 Å². The van der Waals surface area contributed by atoms with E-state index in [2.05, 4.69) is 29.2 Å². The first kappa shape index (κ1) is 16.3. The largest absolute Gasteiger partial charge is 0.435 e. The number of hydrogen-bond donors (Lipinski definition) is 1. The second kappa shape index (κ2) is 6.79. The van der Waals surface area contributed by atoms with Crippen molar-refractivity contribution in [1.82, 2.24) is 20.0 Å². The van der Waals surface area contributed by atoms with Crippen molar-refractivity contribution in [1.29, 1.82) is 0 Å².